The van der Waals surface area contributed by atoms with Crippen molar-refractivity contribution >= 4 is 60.7 Å². The summed E-state index contributed by atoms with van der Waals surface area (Å²) in [6, 6.07) is 57.1. The summed E-state index contributed by atoms with van der Waals surface area (Å²) in [5.41, 5.74) is 15.2. The lowest BCUT2D eigenvalue weighted by atomic mass is 9.97. The molecule has 0 amide bonds. The molecule has 0 atom stereocenters. The van der Waals surface area contributed by atoms with Crippen LogP contribution in [0.2, 0.25) is 0 Å². The van der Waals surface area contributed by atoms with E-state index in [-0.39, 0.29) is 0 Å². The van der Waals surface area contributed by atoms with Crippen molar-refractivity contribution in [3.05, 3.63) is 175 Å². The van der Waals surface area contributed by atoms with E-state index < -0.39 is 0 Å². The number of aromatic nitrogens is 2. The molecule has 10 aromatic rings. The fourth-order valence-electron chi connectivity index (χ4n) is 8.51. The van der Waals surface area contributed by atoms with Crippen LogP contribution in [0.4, 0.5) is 0 Å². The minimum Gasteiger partial charge on any atom is -0.455 e. The molecule has 0 aliphatic heterocycles. The van der Waals surface area contributed by atoms with E-state index in [4.69, 9.17) is 4.42 Å². The monoisotopic (exact) mass is 652 g/mol. The summed E-state index contributed by atoms with van der Waals surface area (Å²) >= 11 is 0. The Morgan fingerprint density at radius 3 is 2.02 bits per heavy atom. The van der Waals surface area contributed by atoms with E-state index in [1.165, 1.54) is 60.8 Å². The van der Waals surface area contributed by atoms with Gasteiger partial charge < -0.3 is 13.6 Å². The predicted molar refractivity (Wildman–Crippen MR) is 213 cm³/mol. The SMILES string of the molecule is C1=Cc2c(c3ccccc3n2-c2ccc3c(c2)c2ccccc2n3-c2cccc(-c3cccc(-c4cccc5c4oc4ccccc45)c3)c2)CC1. The Morgan fingerprint density at radius 1 is 0.451 bits per heavy atom. The Kier molecular flexibility index (Phi) is 6.08. The highest BCUT2D eigenvalue weighted by atomic mass is 16.3. The van der Waals surface area contributed by atoms with Gasteiger partial charge in [-0.05, 0) is 95.8 Å². The molecule has 3 nitrogen and oxygen atoms in total. The van der Waals surface area contributed by atoms with Crippen LogP contribution in [0.5, 0.6) is 0 Å². The van der Waals surface area contributed by atoms with Gasteiger partial charge in [0.1, 0.15) is 11.2 Å². The van der Waals surface area contributed by atoms with Crippen LogP contribution in [0, 0.1) is 0 Å². The number of rotatable bonds is 4. The number of hydrogen-bond acceptors (Lipinski definition) is 1. The van der Waals surface area contributed by atoms with Gasteiger partial charge in [0.05, 0.1) is 16.6 Å². The summed E-state index contributed by atoms with van der Waals surface area (Å²) in [6.45, 7) is 0. The highest BCUT2D eigenvalue weighted by Gasteiger charge is 2.20. The van der Waals surface area contributed by atoms with Crippen LogP contribution >= 0.6 is 0 Å². The average molecular weight is 653 g/mol. The van der Waals surface area contributed by atoms with Crippen molar-refractivity contribution in [3.63, 3.8) is 0 Å². The number of fused-ring (bicyclic) bond motifs is 9. The quantitative estimate of drug-likeness (QED) is 0.186. The molecule has 1 aliphatic carbocycles. The van der Waals surface area contributed by atoms with Gasteiger partial charge >= 0.3 is 0 Å². The van der Waals surface area contributed by atoms with E-state index in [2.05, 4.69) is 167 Å². The molecule has 0 radical (unpaired) electrons. The minimum atomic E-state index is 0.917. The van der Waals surface area contributed by atoms with Crippen molar-refractivity contribution in [2.45, 2.75) is 12.8 Å². The van der Waals surface area contributed by atoms with Crippen molar-refractivity contribution in [1.29, 1.82) is 0 Å². The van der Waals surface area contributed by atoms with E-state index in [1.807, 2.05) is 12.1 Å². The number of para-hydroxylation sites is 4. The maximum Gasteiger partial charge on any atom is 0.143 e. The van der Waals surface area contributed by atoms with Gasteiger partial charge in [-0.15, -0.1) is 0 Å². The Labute approximate surface area is 294 Å². The first-order chi connectivity index (χ1) is 25.3. The molecule has 0 N–H and O–H groups in total. The van der Waals surface area contributed by atoms with E-state index in [0.717, 1.165) is 51.6 Å². The van der Waals surface area contributed by atoms with E-state index in [9.17, 15) is 0 Å². The molecule has 240 valence electrons. The molecule has 0 saturated heterocycles. The van der Waals surface area contributed by atoms with Gasteiger partial charge in [-0.1, -0.05) is 109 Å². The summed E-state index contributed by atoms with van der Waals surface area (Å²) in [6.07, 6.45) is 6.79. The molecule has 0 unspecified atom stereocenters. The summed E-state index contributed by atoms with van der Waals surface area (Å²) in [7, 11) is 0. The Hall–Kier alpha value is -6.58. The topological polar surface area (TPSA) is 23.0 Å². The third-order valence-electron chi connectivity index (χ3n) is 10.8. The molecule has 3 heterocycles. The second kappa shape index (κ2) is 11.0. The maximum absolute atomic E-state index is 6.41. The van der Waals surface area contributed by atoms with Gasteiger partial charge in [0.25, 0.3) is 0 Å². The average Bonchev–Trinajstić information content (AvgIpc) is 3.86. The van der Waals surface area contributed by atoms with Crippen LogP contribution in [-0.4, -0.2) is 9.13 Å². The van der Waals surface area contributed by atoms with Gasteiger partial charge in [-0.3, -0.25) is 0 Å². The van der Waals surface area contributed by atoms with Gasteiger partial charge in [0.2, 0.25) is 0 Å². The highest BCUT2D eigenvalue weighted by Crippen LogP contribution is 2.40. The number of allylic oxidation sites excluding steroid dienone is 1. The number of benzene rings is 7. The van der Waals surface area contributed by atoms with Crippen molar-refractivity contribution in [2.75, 3.05) is 0 Å². The molecular weight excluding hydrogens is 621 g/mol. The standard InChI is InChI=1S/C48H32N2O/c1-5-22-43-37(16-1)38-17-2-6-23-44(38)50(43)35-26-27-46-42(30-35)39-18-3-7-24-45(39)49(46)34-15-10-13-32(29-34)31-12-9-14-33(28-31)36-20-11-21-41-40-19-4-8-25-47(40)51-48(36)41/h1,3-16,18-30H,2,17H2. The second-order valence-electron chi connectivity index (χ2n) is 13.6. The molecule has 7 aromatic carbocycles. The first-order valence-electron chi connectivity index (χ1n) is 17.7. The molecule has 1 aliphatic rings. The highest BCUT2D eigenvalue weighted by molar-refractivity contribution is 6.11. The molecule has 3 aromatic heterocycles. The smallest absolute Gasteiger partial charge is 0.143 e. The summed E-state index contributed by atoms with van der Waals surface area (Å²) < 4.78 is 11.3. The largest absolute Gasteiger partial charge is 0.455 e. The van der Waals surface area contributed by atoms with Crippen LogP contribution in [0.15, 0.2) is 168 Å². The molecular formula is C48H32N2O. The van der Waals surface area contributed by atoms with Gasteiger partial charge in [0, 0.05) is 49.6 Å². The zero-order valence-electron chi connectivity index (χ0n) is 27.9. The zero-order chi connectivity index (χ0) is 33.5. The van der Waals surface area contributed by atoms with Gasteiger partial charge in [-0.2, -0.15) is 0 Å². The Bertz CT molecular complexity index is 3040. The fourth-order valence-corrected chi connectivity index (χ4v) is 8.51. The predicted octanol–water partition coefficient (Wildman–Crippen LogP) is 12.9. The third kappa shape index (κ3) is 4.25. The van der Waals surface area contributed by atoms with Crippen molar-refractivity contribution in [2.24, 2.45) is 0 Å². The van der Waals surface area contributed by atoms with Crippen LogP contribution in [0.25, 0.3) is 94.4 Å². The van der Waals surface area contributed by atoms with Crippen LogP contribution in [0.3, 0.4) is 0 Å². The van der Waals surface area contributed by atoms with E-state index in [0.29, 0.717) is 0 Å². The lowest BCUT2D eigenvalue weighted by molar-refractivity contribution is 0.670. The maximum atomic E-state index is 6.41. The summed E-state index contributed by atoms with van der Waals surface area (Å²) in [4.78, 5) is 0. The summed E-state index contributed by atoms with van der Waals surface area (Å²) in [5, 5.41) is 6.15. The normalized spacial score (nSPS) is 12.9. The van der Waals surface area contributed by atoms with Crippen molar-refractivity contribution in [3.8, 4) is 33.6 Å². The molecule has 0 spiro atoms. The molecule has 3 heteroatoms. The fraction of sp³-hybridized carbons (Fsp3) is 0.0417. The Morgan fingerprint density at radius 2 is 1.12 bits per heavy atom. The van der Waals surface area contributed by atoms with Crippen LogP contribution in [0.1, 0.15) is 17.7 Å². The third-order valence-corrected chi connectivity index (χ3v) is 10.8. The molecule has 0 fully saturated rings. The van der Waals surface area contributed by atoms with Gasteiger partial charge in [-0.25, -0.2) is 0 Å². The second-order valence-corrected chi connectivity index (χ2v) is 13.6. The number of nitrogens with zero attached hydrogens (tertiary/aromatic N) is 2. The molecule has 51 heavy (non-hydrogen) atoms. The summed E-state index contributed by atoms with van der Waals surface area (Å²) in [5.74, 6) is 0. The zero-order valence-corrected chi connectivity index (χ0v) is 27.9. The number of aryl methyl sites for hydroxylation is 1. The van der Waals surface area contributed by atoms with Gasteiger partial charge in [0.15, 0.2) is 0 Å². The molecule has 0 bridgehead atoms. The van der Waals surface area contributed by atoms with Crippen LogP contribution in [-0.2, 0) is 6.42 Å². The molecule has 11 rings (SSSR count). The lowest BCUT2D eigenvalue weighted by Crippen LogP contribution is -2.00. The van der Waals surface area contributed by atoms with E-state index >= 15 is 0 Å². The minimum absolute atomic E-state index is 0.917. The van der Waals surface area contributed by atoms with E-state index in [1.54, 1.807) is 0 Å². The van der Waals surface area contributed by atoms with Crippen molar-refractivity contribution < 1.29 is 4.42 Å². The van der Waals surface area contributed by atoms with Crippen LogP contribution < -0.4 is 0 Å². The number of furan rings is 1. The van der Waals surface area contributed by atoms with Crippen molar-refractivity contribution in [1.82, 2.24) is 9.13 Å². The first-order valence-corrected chi connectivity index (χ1v) is 17.7. The Balaban J connectivity index is 1.05. The number of hydrogen-bond donors (Lipinski definition) is 0. The first kappa shape index (κ1) is 28.3. The lowest BCUT2D eigenvalue weighted by Gasteiger charge is -2.13. The molecule has 0 saturated carbocycles.